The normalized spacial score (nSPS) is 11.8. The number of hydrogen-bond donors (Lipinski definition) is 1. The Kier molecular flexibility index (Phi) is 6.59. The number of amides is 1. The number of carbonyl (C=O) groups is 1. The number of aryl methyl sites for hydroxylation is 1. The van der Waals surface area contributed by atoms with Gasteiger partial charge in [0.25, 0.3) is 0 Å². The SMILES string of the molecule is Cc1cccc(N(CC(=O)Nc2cccc(N(C)S(C)(=O)=O)c2)S(C)(=O)=O)c1C. The highest BCUT2D eigenvalue weighted by Gasteiger charge is 2.23. The minimum absolute atomic E-state index is 0.359. The maximum Gasteiger partial charge on any atom is 0.245 e. The zero-order valence-electron chi connectivity index (χ0n) is 17.0. The molecule has 0 saturated carbocycles. The molecule has 10 heteroatoms. The van der Waals surface area contributed by atoms with Crippen LogP contribution >= 0.6 is 0 Å². The molecule has 2 aromatic rings. The van der Waals surface area contributed by atoms with Crippen molar-refractivity contribution in [1.82, 2.24) is 0 Å². The Bertz CT molecular complexity index is 1130. The zero-order chi connectivity index (χ0) is 22.0. The summed E-state index contributed by atoms with van der Waals surface area (Å²) in [4.78, 5) is 12.6. The van der Waals surface area contributed by atoms with Crippen molar-refractivity contribution in [3.8, 4) is 0 Å². The van der Waals surface area contributed by atoms with Crippen molar-refractivity contribution < 1.29 is 21.6 Å². The molecule has 2 rings (SSSR count). The van der Waals surface area contributed by atoms with E-state index in [4.69, 9.17) is 0 Å². The minimum Gasteiger partial charge on any atom is -0.324 e. The Hall–Kier alpha value is -2.59. The number of nitrogens with one attached hydrogen (secondary N) is 1. The van der Waals surface area contributed by atoms with E-state index in [-0.39, 0.29) is 0 Å². The molecule has 8 nitrogen and oxygen atoms in total. The molecule has 0 atom stereocenters. The molecule has 0 aromatic heterocycles. The Morgan fingerprint density at radius 2 is 1.59 bits per heavy atom. The molecule has 0 fully saturated rings. The second-order valence-corrected chi connectivity index (χ2v) is 10.7. The summed E-state index contributed by atoms with van der Waals surface area (Å²) in [5.74, 6) is -0.546. The lowest BCUT2D eigenvalue weighted by molar-refractivity contribution is -0.114. The van der Waals surface area contributed by atoms with Crippen LogP contribution in [0.15, 0.2) is 42.5 Å². The summed E-state index contributed by atoms with van der Waals surface area (Å²) in [6.07, 6.45) is 2.12. The first-order chi connectivity index (χ1) is 13.3. The Morgan fingerprint density at radius 1 is 0.966 bits per heavy atom. The number of hydrogen-bond acceptors (Lipinski definition) is 5. The van der Waals surface area contributed by atoms with Crippen LogP contribution in [-0.2, 0) is 24.8 Å². The zero-order valence-corrected chi connectivity index (χ0v) is 18.6. The molecule has 0 bridgehead atoms. The molecular formula is C19H25N3O5S2. The topological polar surface area (TPSA) is 104 Å². The van der Waals surface area contributed by atoms with Gasteiger partial charge in [0.05, 0.1) is 23.9 Å². The van der Waals surface area contributed by atoms with Gasteiger partial charge in [-0.1, -0.05) is 18.2 Å². The summed E-state index contributed by atoms with van der Waals surface area (Å²) < 4.78 is 50.2. The quantitative estimate of drug-likeness (QED) is 0.712. The molecule has 0 radical (unpaired) electrons. The standard InChI is InChI=1S/C19H25N3O5S2/c1-14-8-6-11-18(15(14)2)22(29(5,26)27)13-19(23)20-16-9-7-10-17(12-16)21(3)28(4,24)25/h6-12H,13H2,1-5H3,(H,20,23). The molecule has 0 aliphatic heterocycles. The van der Waals surface area contributed by atoms with Gasteiger partial charge in [-0.3, -0.25) is 13.4 Å². The number of anilines is 3. The number of benzene rings is 2. The second kappa shape index (κ2) is 8.42. The van der Waals surface area contributed by atoms with Gasteiger partial charge in [-0.15, -0.1) is 0 Å². The van der Waals surface area contributed by atoms with E-state index in [0.717, 1.165) is 32.2 Å². The fraction of sp³-hybridized carbons (Fsp3) is 0.316. The van der Waals surface area contributed by atoms with Gasteiger partial charge in [0, 0.05) is 12.7 Å². The fourth-order valence-electron chi connectivity index (χ4n) is 2.69. The molecule has 0 spiro atoms. The van der Waals surface area contributed by atoms with Gasteiger partial charge in [-0.25, -0.2) is 16.8 Å². The van der Waals surface area contributed by atoms with E-state index in [1.54, 1.807) is 37.3 Å². The third-order valence-electron chi connectivity index (χ3n) is 4.52. The molecule has 0 aliphatic carbocycles. The van der Waals surface area contributed by atoms with Crippen LogP contribution in [0.1, 0.15) is 11.1 Å². The van der Waals surface area contributed by atoms with E-state index in [2.05, 4.69) is 5.32 Å². The average Bonchev–Trinajstić information content (AvgIpc) is 2.60. The van der Waals surface area contributed by atoms with Crippen LogP contribution in [0.25, 0.3) is 0 Å². The molecule has 1 amide bonds. The van der Waals surface area contributed by atoms with E-state index < -0.39 is 32.5 Å². The van der Waals surface area contributed by atoms with Crippen molar-refractivity contribution in [2.45, 2.75) is 13.8 Å². The summed E-state index contributed by atoms with van der Waals surface area (Å²) in [5.41, 5.74) is 2.85. The summed E-state index contributed by atoms with van der Waals surface area (Å²) in [7, 11) is -5.75. The fourth-order valence-corrected chi connectivity index (χ4v) is 4.09. The summed E-state index contributed by atoms with van der Waals surface area (Å²) in [6.45, 7) is 3.25. The van der Waals surface area contributed by atoms with Crippen LogP contribution in [-0.4, -0.2) is 48.8 Å². The highest BCUT2D eigenvalue weighted by molar-refractivity contribution is 7.92. The first kappa shape index (κ1) is 22.7. The lowest BCUT2D eigenvalue weighted by atomic mass is 10.1. The third kappa shape index (κ3) is 5.70. The Morgan fingerprint density at radius 3 is 2.17 bits per heavy atom. The van der Waals surface area contributed by atoms with Crippen molar-refractivity contribution >= 4 is 43.0 Å². The first-order valence-electron chi connectivity index (χ1n) is 8.68. The number of sulfonamides is 2. The molecule has 1 N–H and O–H groups in total. The highest BCUT2D eigenvalue weighted by Crippen LogP contribution is 2.25. The van der Waals surface area contributed by atoms with Gasteiger partial charge in [0.2, 0.25) is 26.0 Å². The van der Waals surface area contributed by atoms with Crippen LogP contribution in [0, 0.1) is 13.8 Å². The van der Waals surface area contributed by atoms with Gasteiger partial charge in [0.15, 0.2) is 0 Å². The summed E-state index contributed by atoms with van der Waals surface area (Å²) >= 11 is 0. The van der Waals surface area contributed by atoms with E-state index in [9.17, 15) is 21.6 Å². The number of rotatable bonds is 7. The summed E-state index contributed by atoms with van der Waals surface area (Å²) in [6, 6.07) is 11.5. The lowest BCUT2D eigenvalue weighted by Crippen LogP contribution is -2.38. The Balaban J connectivity index is 2.27. The monoisotopic (exact) mass is 439 g/mol. The molecule has 0 aliphatic rings. The average molecular weight is 440 g/mol. The van der Waals surface area contributed by atoms with Crippen molar-refractivity contribution in [2.24, 2.45) is 0 Å². The van der Waals surface area contributed by atoms with Gasteiger partial charge in [-0.2, -0.15) is 0 Å². The largest absolute Gasteiger partial charge is 0.324 e. The molecule has 29 heavy (non-hydrogen) atoms. The highest BCUT2D eigenvalue weighted by atomic mass is 32.2. The number of nitrogens with zero attached hydrogens (tertiary/aromatic N) is 2. The van der Waals surface area contributed by atoms with Gasteiger partial charge < -0.3 is 5.32 Å². The van der Waals surface area contributed by atoms with Crippen LogP contribution in [0.4, 0.5) is 17.1 Å². The van der Waals surface area contributed by atoms with E-state index in [1.807, 2.05) is 13.0 Å². The smallest absolute Gasteiger partial charge is 0.245 e. The Labute approximate surface area is 172 Å². The minimum atomic E-state index is -3.70. The maximum absolute atomic E-state index is 12.6. The van der Waals surface area contributed by atoms with Gasteiger partial charge >= 0.3 is 0 Å². The predicted octanol–water partition coefficient (Wildman–Crippen LogP) is 2.10. The van der Waals surface area contributed by atoms with Crippen molar-refractivity contribution in [1.29, 1.82) is 0 Å². The van der Waals surface area contributed by atoms with E-state index in [0.29, 0.717) is 17.1 Å². The maximum atomic E-state index is 12.6. The molecule has 0 unspecified atom stereocenters. The molecule has 0 saturated heterocycles. The van der Waals surface area contributed by atoms with Crippen molar-refractivity contribution in [2.75, 3.05) is 40.0 Å². The first-order valence-corrected chi connectivity index (χ1v) is 12.4. The van der Waals surface area contributed by atoms with Gasteiger partial charge in [-0.05, 0) is 49.2 Å². The lowest BCUT2D eigenvalue weighted by Gasteiger charge is -2.24. The van der Waals surface area contributed by atoms with Crippen LogP contribution in [0.5, 0.6) is 0 Å². The van der Waals surface area contributed by atoms with Crippen molar-refractivity contribution in [3.63, 3.8) is 0 Å². The van der Waals surface area contributed by atoms with Gasteiger partial charge in [0.1, 0.15) is 6.54 Å². The van der Waals surface area contributed by atoms with E-state index in [1.165, 1.54) is 13.1 Å². The van der Waals surface area contributed by atoms with Crippen molar-refractivity contribution in [3.05, 3.63) is 53.6 Å². The second-order valence-electron chi connectivity index (χ2n) is 6.82. The molecule has 158 valence electrons. The van der Waals surface area contributed by atoms with Crippen LogP contribution in [0.3, 0.4) is 0 Å². The molecule has 2 aromatic carbocycles. The molecule has 0 heterocycles. The summed E-state index contributed by atoms with van der Waals surface area (Å²) in [5, 5.41) is 2.63. The van der Waals surface area contributed by atoms with E-state index >= 15 is 0 Å². The predicted molar refractivity (Wildman–Crippen MR) is 116 cm³/mol. The molecular weight excluding hydrogens is 414 g/mol. The number of carbonyl (C=O) groups excluding carboxylic acids is 1. The van der Waals surface area contributed by atoms with Crippen LogP contribution < -0.4 is 13.9 Å². The third-order valence-corrected chi connectivity index (χ3v) is 6.86. The van der Waals surface area contributed by atoms with Crippen LogP contribution in [0.2, 0.25) is 0 Å².